The van der Waals surface area contributed by atoms with E-state index in [-0.39, 0.29) is 43.3 Å². The minimum absolute atomic E-state index is 0. The second-order valence-corrected chi connectivity index (χ2v) is 11.6. The fraction of sp³-hybridized carbons (Fsp3) is 0.368. The first kappa shape index (κ1) is 22.8. The van der Waals surface area contributed by atoms with Crippen LogP contribution in [0.5, 0.6) is 0 Å². The molecule has 0 aliphatic heterocycles. The Balaban J connectivity index is 0.00000242. The Morgan fingerprint density at radius 3 is 1.39 bits per heavy atom. The molecule has 2 rings (SSSR count). The molecule has 0 radical (unpaired) electrons. The quantitative estimate of drug-likeness (QED) is 0.850. The average molecular weight is 313 g/mol. The first-order valence-electron chi connectivity index (χ1n) is 7.69. The molecule has 23 heavy (non-hydrogen) atoms. The Labute approximate surface area is 167 Å². The molecule has 0 heterocycles. The van der Waals surface area contributed by atoms with E-state index < -0.39 is 8.24 Å². The van der Waals surface area contributed by atoms with E-state index in [1.165, 1.54) is 11.1 Å². The Kier molecular flexibility index (Phi) is 9.26. The van der Waals surface area contributed by atoms with Crippen LogP contribution in [0.4, 0.5) is 0 Å². The first-order chi connectivity index (χ1) is 9.80. The maximum absolute atomic E-state index is 3.93. The van der Waals surface area contributed by atoms with E-state index in [0.29, 0.717) is 5.54 Å². The van der Waals surface area contributed by atoms with Crippen molar-refractivity contribution >= 4 is 46.0 Å². The summed E-state index contributed by atoms with van der Waals surface area (Å²) in [6.45, 7) is 11.6. The van der Waals surface area contributed by atoms with Gasteiger partial charge in [-0.2, -0.15) is 0 Å². The molecule has 0 aliphatic carbocycles. The van der Waals surface area contributed by atoms with Crippen LogP contribution in [0.1, 0.15) is 37.4 Å². The Morgan fingerprint density at radius 2 is 1.09 bits per heavy atom. The van der Waals surface area contributed by atoms with Gasteiger partial charge >= 0.3 is 37.7 Å². The molecule has 0 saturated carbocycles. The maximum atomic E-state index is 3.93. The van der Waals surface area contributed by atoms with Gasteiger partial charge in [0.05, 0.1) is 0 Å². The van der Waals surface area contributed by atoms with Gasteiger partial charge in [-0.1, -0.05) is 73.8 Å². The van der Waals surface area contributed by atoms with Gasteiger partial charge < -0.3 is 4.98 Å². The molecule has 0 atom stereocenters. The van der Waals surface area contributed by atoms with Crippen LogP contribution in [0.3, 0.4) is 0 Å². The molecule has 0 unspecified atom stereocenters. The molecule has 116 valence electrons. The predicted octanol–water partition coefficient (Wildman–Crippen LogP) is 3.65. The Hall–Kier alpha value is -0.188. The monoisotopic (exact) mass is 313 g/mol. The summed E-state index contributed by atoms with van der Waals surface area (Å²) < 4.78 is 0. The molecule has 0 amide bonds. The molecular weight excluding hydrogens is 284 g/mol. The van der Waals surface area contributed by atoms with Crippen molar-refractivity contribution in [2.75, 3.05) is 0 Å². The minimum atomic E-state index is -1.70. The van der Waals surface area contributed by atoms with Crippen LogP contribution < -0.4 is 4.98 Å². The molecule has 0 aromatic heterocycles. The van der Waals surface area contributed by atoms with Gasteiger partial charge in [-0.15, -0.1) is 0 Å². The number of rotatable bonds is 4. The Morgan fingerprint density at radius 1 is 0.739 bits per heavy atom. The van der Waals surface area contributed by atoms with Crippen molar-refractivity contribution in [3.63, 3.8) is 0 Å². The van der Waals surface area contributed by atoms with E-state index in [2.05, 4.69) is 99.5 Å². The predicted molar refractivity (Wildman–Crippen MR) is 109 cm³/mol. The van der Waals surface area contributed by atoms with Gasteiger partial charge in [0.25, 0.3) is 0 Å². The molecular formula is C19H29Li2NSi. The van der Waals surface area contributed by atoms with E-state index in [4.69, 9.17) is 0 Å². The second-order valence-electron chi connectivity index (χ2n) is 7.35. The van der Waals surface area contributed by atoms with Gasteiger partial charge in [-0.05, 0) is 31.9 Å². The van der Waals surface area contributed by atoms with E-state index in [1.807, 2.05) is 0 Å². The summed E-state index contributed by atoms with van der Waals surface area (Å²) in [7, 11) is -1.70. The summed E-state index contributed by atoms with van der Waals surface area (Å²) in [4.78, 5) is 3.93. The van der Waals surface area contributed by atoms with Crippen LogP contribution in [0, 0.1) is 0 Å². The van der Waals surface area contributed by atoms with Crippen LogP contribution in [-0.2, 0) is 0 Å². The number of nitrogens with one attached hydrogen (secondary N) is 1. The fourth-order valence-corrected chi connectivity index (χ4v) is 7.48. The summed E-state index contributed by atoms with van der Waals surface area (Å²) in [5, 5.41) is 0. The van der Waals surface area contributed by atoms with Gasteiger partial charge in [0, 0.05) is 11.1 Å². The third-order valence-electron chi connectivity index (χ3n) is 3.68. The van der Waals surface area contributed by atoms with Gasteiger partial charge in [-0.3, -0.25) is 0 Å². The second kappa shape index (κ2) is 9.34. The van der Waals surface area contributed by atoms with Crippen molar-refractivity contribution in [1.82, 2.24) is 4.98 Å². The Bertz CT molecular complexity index is 525. The van der Waals surface area contributed by atoms with E-state index in [1.54, 1.807) is 0 Å². The zero-order valence-corrected chi connectivity index (χ0v) is 14.9. The molecule has 2 aromatic carbocycles. The van der Waals surface area contributed by atoms with Crippen LogP contribution in [0.2, 0.25) is 13.1 Å². The number of benzene rings is 2. The zero-order chi connectivity index (χ0) is 15.5. The molecule has 0 bridgehead atoms. The first-order valence-corrected chi connectivity index (χ1v) is 10.8. The standard InChI is InChI=1S/C19H27NSi.2Li.2H/c1-19(2,3)20-21(4,5)18(16-12-8-6-9-13-16)17-14-10-7-11-15-17;;;;/h6-15,18,20H,1-5H3;;;;. The summed E-state index contributed by atoms with van der Waals surface area (Å²) in [5.41, 5.74) is 3.42. The summed E-state index contributed by atoms with van der Waals surface area (Å²) in [6.07, 6.45) is 0. The SMILES string of the molecule is CC(C)(C)N[Si](C)(C)C(c1ccccc1)c1ccccc1.[LiH].[LiH]. The van der Waals surface area contributed by atoms with Crippen LogP contribution in [0.15, 0.2) is 60.7 Å². The third-order valence-corrected chi connectivity index (χ3v) is 7.19. The molecule has 0 spiro atoms. The van der Waals surface area contributed by atoms with Crippen molar-refractivity contribution in [2.45, 2.75) is 44.9 Å². The number of hydrogen-bond acceptors (Lipinski definition) is 1. The molecule has 0 aliphatic rings. The van der Waals surface area contributed by atoms with Gasteiger partial charge in [0.1, 0.15) is 8.24 Å². The topological polar surface area (TPSA) is 12.0 Å². The third kappa shape index (κ3) is 6.68. The normalized spacial score (nSPS) is 11.6. The average Bonchev–Trinajstić information content (AvgIpc) is 2.38. The molecule has 2 aromatic rings. The van der Waals surface area contributed by atoms with Gasteiger partial charge in [-0.25, -0.2) is 0 Å². The van der Waals surface area contributed by atoms with E-state index in [0.717, 1.165) is 0 Å². The molecule has 1 N–H and O–H groups in total. The van der Waals surface area contributed by atoms with Crippen LogP contribution in [0.25, 0.3) is 0 Å². The fourth-order valence-electron chi connectivity index (χ4n) is 3.36. The van der Waals surface area contributed by atoms with Crippen molar-refractivity contribution in [3.8, 4) is 0 Å². The van der Waals surface area contributed by atoms with E-state index >= 15 is 0 Å². The van der Waals surface area contributed by atoms with Gasteiger partial charge in [0.2, 0.25) is 0 Å². The van der Waals surface area contributed by atoms with Crippen LogP contribution >= 0.6 is 0 Å². The summed E-state index contributed by atoms with van der Waals surface area (Å²) >= 11 is 0. The number of hydrogen-bond donors (Lipinski definition) is 1. The van der Waals surface area contributed by atoms with Crippen molar-refractivity contribution in [3.05, 3.63) is 71.8 Å². The van der Waals surface area contributed by atoms with Gasteiger partial charge in [0.15, 0.2) is 0 Å². The molecule has 4 heteroatoms. The molecule has 1 nitrogen and oxygen atoms in total. The van der Waals surface area contributed by atoms with Crippen molar-refractivity contribution in [1.29, 1.82) is 0 Å². The van der Waals surface area contributed by atoms with Crippen LogP contribution in [-0.4, -0.2) is 51.5 Å². The molecule has 0 fully saturated rings. The zero-order valence-electron chi connectivity index (χ0n) is 13.9. The summed E-state index contributed by atoms with van der Waals surface area (Å²) in [6, 6.07) is 21.8. The molecule has 0 saturated heterocycles. The van der Waals surface area contributed by atoms with Crippen molar-refractivity contribution < 1.29 is 0 Å². The summed E-state index contributed by atoms with van der Waals surface area (Å²) in [5.74, 6) is 0. The van der Waals surface area contributed by atoms with E-state index in [9.17, 15) is 0 Å². The van der Waals surface area contributed by atoms with Crippen molar-refractivity contribution in [2.24, 2.45) is 0 Å².